The number of unbranched alkanes of at least 4 members (excludes halogenated alkanes) is 7. The van der Waals surface area contributed by atoms with Crippen molar-refractivity contribution in [3.63, 3.8) is 0 Å². The molecule has 162 valence electrons. The summed E-state index contributed by atoms with van der Waals surface area (Å²) < 4.78 is 5.90. The van der Waals surface area contributed by atoms with Gasteiger partial charge >= 0.3 is 0 Å². The molecule has 0 aliphatic heterocycles. The van der Waals surface area contributed by atoms with E-state index in [0.29, 0.717) is 0 Å². The minimum Gasteiger partial charge on any atom is -0.494 e. The van der Waals surface area contributed by atoms with Crippen LogP contribution in [0.3, 0.4) is 0 Å². The number of rotatable bonds is 13. The van der Waals surface area contributed by atoms with E-state index in [2.05, 4.69) is 67.3 Å². The van der Waals surface area contributed by atoms with Gasteiger partial charge in [0.25, 0.3) is 0 Å². The van der Waals surface area contributed by atoms with Gasteiger partial charge in [0.05, 0.1) is 12.7 Å². The standard InChI is InChI=1S/C28H38O2/c1-3-4-5-6-7-8-9-12-23-30-28-21-19-27(20-22-28)26-17-15-25(16-18-26)14-11-10-13-24(2)29/h15-22,24,29H,3-10,12-13,23H2,1-2H3. The van der Waals surface area contributed by atoms with Crippen LogP contribution in [0.15, 0.2) is 48.5 Å². The number of benzene rings is 2. The maximum atomic E-state index is 9.27. The molecule has 2 rings (SSSR count). The molecular formula is C28H38O2. The minimum atomic E-state index is -0.283. The third-order valence-corrected chi connectivity index (χ3v) is 5.26. The van der Waals surface area contributed by atoms with Gasteiger partial charge in [-0.05, 0) is 55.2 Å². The molecule has 1 N–H and O–H groups in total. The van der Waals surface area contributed by atoms with Gasteiger partial charge in [0.15, 0.2) is 0 Å². The van der Waals surface area contributed by atoms with Crippen LogP contribution >= 0.6 is 0 Å². The molecule has 30 heavy (non-hydrogen) atoms. The highest BCUT2D eigenvalue weighted by atomic mass is 16.5. The van der Waals surface area contributed by atoms with Gasteiger partial charge in [0.1, 0.15) is 5.75 Å². The zero-order valence-electron chi connectivity index (χ0n) is 18.8. The molecule has 2 heteroatoms. The Morgan fingerprint density at radius 1 is 0.800 bits per heavy atom. The van der Waals surface area contributed by atoms with Gasteiger partial charge in [-0.2, -0.15) is 0 Å². The summed E-state index contributed by atoms with van der Waals surface area (Å²) in [5.74, 6) is 7.22. The lowest BCUT2D eigenvalue weighted by atomic mass is 10.0. The second-order valence-corrected chi connectivity index (χ2v) is 8.11. The van der Waals surface area contributed by atoms with Crippen LogP contribution < -0.4 is 4.74 Å². The molecule has 0 aromatic heterocycles. The maximum absolute atomic E-state index is 9.27. The van der Waals surface area contributed by atoms with Crippen molar-refractivity contribution in [3.05, 3.63) is 54.1 Å². The van der Waals surface area contributed by atoms with Crippen LogP contribution in [0.5, 0.6) is 5.75 Å². The van der Waals surface area contributed by atoms with Gasteiger partial charge < -0.3 is 9.84 Å². The number of aliphatic hydroxyl groups excluding tert-OH is 1. The fourth-order valence-electron chi connectivity index (χ4n) is 3.36. The van der Waals surface area contributed by atoms with E-state index < -0.39 is 0 Å². The quantitative estimate of drug-likeness (QED) is 0.278. The highest BCUT2D eigenvalue weighted by molar-refractivity contribution is 5.65. The molecule has 2 aromatic rings. The average molecular weight is 407 g/mol. The summed E-state index contributed by atoms with van der Waals surface area (Å²) in [6, 6.07) is 16.7. The number of hydrogen-bond donors (Lipinski definition) is 1. The summed E-state index contributed by atoms with van der Waals surface area (Å²) in [6.45, 7) is 4.86. The largest absolute Gasteiger partial charge is 0.494 e. The van der Waals surface area contributed by atoms with E-state index in [4.69, 9.17) is 4.74 Å². The van der Waals surface area contributed by atoms with Crippen LogP contribution in [0, 0.1) is 11.8 Å². The van der Waals surface area contributed by atoms with Crippen LogP contribution in [0.2, 0.25) is 0 Å². The molecule has 0 fully saturated rings. The predicted molar refractivity (Wildman–Crippen MR) is 128 cm³/mol. The summed E-state index contributed by atoms with van der Waals surface area (Å²) >= 11 is 0. The smallest absolute Gasteiger partial charge is 0.119 e. The van der Waals surface area contributed by atoms with Gasteiger partial charge in [-0.1, -0.05) is 88.0 Å². The Morgan fingerprint density at radius 3 is 1.97 bits per heavy atom. The molecule has 0 radical (unpaired) electrons. The highest BCUT2D eigenvalue weighted by Crippen LogP contribution is 2.23. The molecule has 2 aromatic carbocycles. The van der Waals surface area contributed by atoms with Crippen molar-refractivity contribution in [3.8, 4) is 28.7 Å². The second-order valence-electron chi connectivity index (χ2n) is 8.11. The predicted octanol–water partition coefficient (Wildman–Crippen LogP) is 7.39. The zero-order chi connectivity index (χ0) is 21.4. The van der Waals surface area contributed by atoms with E-state index >= 15 is 0 Å². The van der Waals surface area contributed by atoms with Gasteiger partial charge in [-0.15, -0.1) is 0 Å². The van der Waals surface area contributed by atoms with Crippen molar-refractivity contribution in [1.82, 2.24) is 0 Å². The first-order chi connectivity index (χ1) is 14.7. The molecule has 2 nitrogen and oxygen atoms in total. The Labute approximate surface area is 183 Å². The molecule has 0 aliphatic carbocycles. The molecule has 1 unspecified atom stereocenters. The first-order valence-corrected chi connectivity index (χ1v) is 11.7. The average Bonchev–Trinajstić information content (AvgIpc) is 2.76. The molecule has 0 amide bonds. The Bertz CT molecular complexity index is 748. The van der Waals surface area contributed by atoms with E-state index in [0.717, 1.165) is 37.2 Å². The Kier molecular flexibility index (Phi) is 11.8. The van der Waals surface area contributed by atoms with Gasteiger partial charge in [0.2, 0.25) is 0 Å². The SMILES string of the molecule is CCCCCCCCCCOc1ccc(-c2ccc(C#CCCC(C)O)cc2)cc1. The fourth-order valence-corrected chi connectivity index (χ4v) is 3.36. The Morgan fingerprint density at radius 2 is 1.37 bits per heavy atom. The van der Waals surface area contributed by atoms with E-state index in [-0.39, 0.29) is 6.10 Å². The Balaban J connectivity index is 1.70. The van der Waals surface area contributed by atoms with Crippen LogP contribution in [-0.2, 0) is 0 Å². The van der Waals surface area contributed by atoms with E-state index in [1.165, 1.54) is 56.1 Å². The van der Waals surface area contributed by atoms with Crippen LogP contribution in [0.1, 0.15) is 83.6 Å². The third-order valence-electron chi connectivity index (χ3n) is 5.26. The molecule has 0 saturated carbocycles. The normalized spacial score (nSPS) is 11.6. The van der Waals surface area contributed by atoms with Crippen LogP contribution in [-0.4, -0.2) is 17.8 Å². The monoisotopic (exact) mass is 406 g/mol. The molecule has 0 saturated heterocycles. The Hall–Kier alpha value is -2.24. The topological polar surface area (TPSA) is 29.5 Å². The van der Waals surface area contributed by atoms with Crippen LogP contribution in [0.4, 0.5) is 0 Å². The van der Waals surface area contributed by atoms with Crippen LogP contribution in [0.25, 0.3) is 11.1 Å². The van der Waals surface area contributed by atoms with Crippen molar-refractivity contribution in [2.45, 2.75) is 84.2 Å². The van der Waals surface area contributed by atoms with E-state index in [1.807, 2.05) is 0 Å². The summed E-state index contributed by atoms with van der Waals surface area (Å²) in [6.07, 6.45) is 11.7. The number of ether oxygens (including phenoxy) is 1. The molecule has 1 atom stereocenters. The maximum Gasteiger partial charge on any atom is 0.119 e. The fraction of sp³-hybridized carbons (Fsp3) is 0.500. The van der Waals surface area contributed by atoms with Gasteiger partial charge in [0, 0.05) is 12.0 Å². The molecule has 0 heterocycles. The summed E-state index contributed by atoms with van der Waals surface area (Å²) in [5, 5.41) is 9.27. The lowest BCUT2D eigenvalue weighted by molar-refractivity contribution is 0.186. The first-order valence-electron chi connectivity index (χ1n) is 11.7. The first kappa shape index (κ1) is 24.0. The zero-order valence-corrected chi connectivity index (χ0v) is 18.8. The number of hydrogen-bond acceptors (Lipinski definition) is 2. The lowest BCUT2D eigenvalue weighted by Gasteiger charge is -2.08. The lowest BCUT2D eigenvalue weighted by Crippen LogP contribution is -1.97. The summed E-state index contributed by atoms with van der Waals surface area (Å²) in [5.41, 5.74) is 3.37. The van der Waals surface area contributed by atoms with Crippen molar-refractivity contribution in [2.75, 3.05) is 6.61 Å². The third kappa shape index (κ3) is 9.99. The minimum absolute atomic E-state index is 0.283. The summed E-state index contributed by atoms with van der Waals surface area (Å²) in [7, 11) is 0. The summed E-state index contributed by atoms with van der Waals surface area (Å²) in [4.78, 5) is 0. The number of aliphatic hydroxyl groups is 1. The second kappa shape index (κ2) is 14.7. The van der Waals surface area contributed by atoms with Crippen molar-refractivity contribution >= 4 is 0 Å². The van der Waals surface area contributed by atoms with Crippen molar-refractivity contribution in [1.29, 1.82) is 0 Å². The molecular weight excluding hydrogens is 368 g/mol. The van der Waals surface area contributed by atoms with Crippen molar-refractivity contribution in [2.24, 2.45) is 0 Å². The molecule has 0 spiro atoms. The van der Waals surface area contributed by atoms with E-state index in [1.54, 1.807) is 6.92 Å². The van der Waals surface area contributed by atoms with Crippen molar-refractivity contribution < 1.29 is 9.84 Å². The van der Waals surface area contributed by atoms with E-state index in [9.17, 15) is 5.11 Å². The molecule has 0 bridgehead atoms. The van der Waals surface area contributed by atoms with Gasteiger partial charge in [-0.25, -0.2) is 0 Å². The van der Waals surface area contributed by atoms with Gasteiger partial charge in [-0.3, -0.25) is 0 Å². The highest BCUT2D eigenvalue weighted by Gasteiger charge is 2.00. The molecule has 0 aliphatic rings.